The summed E-state index contributed by atoms with van der Waals surface area (Å²) >= 11 is 0. The van der Waals surface area contributed by atoms with Crippen LogP contribution >= 0.6 is 0 Å². The lowest BCUT2D eigenvalue weighted by molar-refractivity contribution is -0.384. The lowest BCUT2D eigenvalue weighted by Gasteiger charge is -2.19. The van der Waals surface area contributed by atoms with E-state index in [1.54, 1.807) is 13.8 Å². The highest BCUT2D eigenvalue weighted by molar-refractivity contribution is 5.97. The molecular formula is C13H15FN2O5. The van der Waals surface area contributed by atoms with Gasteiger partial charge in [0.05, 0.1) is 17.6 Å². The molecule has 0 saturated heterocycles. The first kappa shape index (κ1) is 16.5. The number of nitrogens with one attached hydrogen (secondary N) is 1. The second-order valence-corrected chi connectivity index (χ2v) is 4.64. The average Bonchev–Trinajstić information content (AvgIpc) is 2.43. The summed E-state index contributed by atoms with van der Waals surface area (Å²) in [6.07, 6.45) is 0. The first-order valence-corrected chi connectivity index (χ1v) is 6.10. The molecule has 1 unspecified atom stereocenters. The van der Waals surface area contributed by atoms with E-state index in [1.165, 1.54) is 0 Å². The molecule has 0 aliphatic heterocycles. The summed E-state index contributed by atoms with van der Waals surface area (Å²) in [7, 11) is 1.16. The summed E-state index contributed by atoms with van der Waals surface area (Å²) in [5.74, 6) is -2.79. The van der Waals surface area contributed by atoms with Crippen LogP contribution < -0.4 is 5.32 Å². The molecule has 0 aliphatic carbocycles. The van der Waals surface area contributed by atoms with Crippen molar-refractivity contribution in [3.63, 3.8) is 0 Å². The molecule has 1 N–H and O–H groups in total. The number of non-ortho nitro benzene ring substituents is 1. The third-order valence-corrected chi connectivity index (χ3v) is 2.81. The van der Waals surface area contributed by atoms with Crippen LogP contribution in [0.3, 0.4) is 0 Å². The number of esters is 1. The highest BCUT2D eigenvalue weighted by Crippen LogP contribution is 2.17. The Labute approximate surface area is 120 Å². The Bertz CT molecular complexity index is 574. The van der Waals surface area contributed by atoms with Crippen LogP contribution in [0.4, 0.5) is 10.1 Å². The van der Waals surface area contributed by atoms with Gasteiger partial charge in [0.2, 0.25) is 0 Å². The summed E-state index contributed by atoms with van der Waals surface area (Å²) < 4.78 is 18.2. The van der Waals surface area contributed by atoms with Crippen molar-refractivity contribution in [2.75, 3.05) is 7.11 Å². The molecule has 1 amide bonds. The Morgan fingerprint density at radius 3 is 2.48 bits per heavy atom. The Morgan fingerprint density at radius 1 is 1.38 bits per heavy atom. The fourth-order valence-electron chi connectivity index (χ4n) is 1.64. The Hall–Kier alpha value is -2.51. The van der Waals surface area contributed by atoms with Gasteiger partial charge in [-0.3, -0.25) is 14.9 Å². The van der Waals surface area contributed by atoms with Crippen LogP contribution in [0, 0.1) is 21.8 Å². The number of nitrogens with zero attached hydrogens (tertiary/aromatic N) is 1. The minimum atomic E-state index is -0.971. The number of ether oxygens (including phenoxy) is 1. The lowest BCUT2D eigenvalue weighted by atomic mass is 10.0. The van der Waals surface area contributed by atoms with Crippen molar-refractivity contribution in [1.29, 1.82) is 0 Å². The van der Waals surface area contributed by atoms with Crippen LogP contribution in [0.15, 0.2) is 18.2 Å². The maximum atomic E-state index is 13.6. The van der Waals surface area contributed by atoms with Gasteiger partial charge < -0.3 is 10.1 Å². The molecule has 0 heterocycles. The first-order valence-electron chi connectivity index (χ1n) is 6.10. The van der Waals surface area contributed by atoms with Gasteiger partial charge in [-0.25, -0.2) is 9.18 Å². The van der Waals surface area contributed by atoms with E-state index in [9.17, 15) is 24.1 Å². The number of carbonyl (C=O) groups excluding carboxylic acids is 2. The largest absolute Gasteiger partial charge is 0.467 e. The predicted molar refractivity (Wildman–Crippen MR) is 71.2 cm³/mol. The Balaban J connectivity index is 3.05. The van der Waals surface area contributed by atoms with E-state index in [0.29, 0.717) is 0 Å². The molecule has 7 nitrogen and oxygen atoms in total. The molecule has 8 heteroatoms. The zero-order valence-corrected chi connectivity index (χ0v) is 11.8. The molecule has 1 rings (SSSR count). The number of nitro groups is 1. The summed E-state index contributed by atoms with van der Waals surface area (Å²) in [4.78, 5) is 33.4. The number of carbonyl (C=O) groups is 2. The second-order valence-electron chi connectivity index (χ2n) is 4.64. The minimum Gasteiger partial charge on any atom is -0.467 e. The van der Waals surface area contributed by atoms with Crippen molar-refractivity contribution in [2.24, 2.45) is 5.92 Å². The highest BCUT2D eigenvalue weighted by atomic mass is 19.1. The molecule has 0 fully saturated rings. The van der Waals surface area contributed by atoms with Gasteiger partial charge >= 0.3 is 5.97 Å². The van der Waals surface area contributed by atoms with E-state index >= 15 is 0 Å². The van der Waals surface area contributed by atoms with Crippen LogP contribution in [0.1, 0.15) is 24.2 Å². The van der Waals surface area contributed by atoms with Gasteiger partial charge in [-0.15, -0.1) is 0 Å². The second kappa shape index (κ2) is 6.78. The fraction of sp³-hybridized carbons (Fsp3) is 0.385. The number of methoxy groups -OCH3 is 1. The van der Waals surface area contributed by atoms with E-state index in [1.807, 2.05) is 0 Å². The Kier molecular flexibility index (Phi) is 5.34. The van der Waals surface area contributed by atoms with Crippen molar-refractivity contribution < 1.29 is 23.6 Å². The number of rotatable bonds is 5. The quantitative estimate of drug-likeness (QED) is 0.506. The van der Waals surface area contributed by atoms with Gasteiger partial charge in [-0.2, -0.15) is 0 Å². The summed E-state index contributed by atoms with van der Waals surface area (Å²) in [5, 5.41) is 13.0. The molecule has 1 aromatic carbocycles. The summed E-state index contributed by atoms with van der Waals surface area (Å²) in [6, 6.07) is 1.63. The van der Waals surface area contributed by atoms with Gasteiger partial charge in [0.25, 0.3) is 11.6 Å². The average molecular weight is 298 g/mol. The summed E-state index contributed by atoms with van der Waals surface area (Å²) in [6.45, 7) is 3.34. The third-order valence-electron chi connectivity index (χ3n) is 2.81. The molecule has 114 valence electrons. The van der Waals surface area contributed by atoms with E-state index in [4.69, 9.17) is 0 Å². The van der Waals surface area contributed by atoms with Gasteiger partial charge in [-0.1, -0.05) is 13.8 Å². The molecule has 0 bridgehead atoms. The zero-order valence-electron chi connectivity index (χ0n) is 11.8. The molecule has 21 heavy (non-hydrogen) atoms. The molecular weight excluding hydrogens is 283 g/mol. The standard InChI is InChI=1S/C13H15FN2O5/c1-7(2)11(13(18)21-3)15-12(17)9-6-8(16(19)20)4-5-10(9)14/h4-7,11H,1-3H3,(H,15,17). The molecule has 0 aliphatic rings. The van der Waals surface area contributed by atoms with Crippen molar-refractivity contribution in [3.05, 3.63) is 39.7 Å². The molecule has 0 aromatic heterocycles. The minimum absolute atomic E-state index is 0.289. The number of hydrogen-bond donors (Lipinski definition) is 1. The number of halogens is 1. The molecule has 1 aromatic rings. The van der Waals surface area contributed by atoms with Crippen molar-refractivity contribution in [2.45, 2.75) is 19.9 Å². The van der Waals surface area contributed by atoms with Crippen LogP contribution in [0.2, 0.25) is 0 Å². The maximum absolute atomic E-state index is 13.6. The van der Waals surface area contributed by atoms with Gasteiger partial charge in [-0.05, 0) is 12.0 Å². The monoisotopic (exact) mass is 298 g/mol. The highest BCUT2D eigenvalue weighted by Gasteiger charge is 2.27. The Morgan fingerprint density at radius 2 is 2.00 bits per heavy atom. The lowest BCUT2D eigenvalue weighted by Crippen LogP contribution is -2.45. The number of benzene rings is 1. The topological polar surface area (TPSA) is 98.5 Å². The molecule has 0 saturated carbocycles. The normalized spacial score (nSPS) is 11.9. The van der Waals surface area contributed by atoms with Crippen molar-refractivity contribution >= 4 is 17.6 Å². The SMILES string of the molecule is COC(=O)C(NC(=O)c1cc([N+](=O)[O-])ccc1F)C(C)C. The number of nitro benzene ring substituents is 1. The van der Waals surface area contributed by atoms with Crippen LogP contribution in [-0.4, -0.2) is 30.0 Å². The fourth-order valence-corrected chi connectivity index (χ4v) is 1.64. The summed E-state index contributed by atoms with van der Waals surface area (Å²) in [5.41, 5.74) is -0.917. The zero-order chi connectivity index (χ0) is 16.2. The van der Waals surface area contributed by atoms with Gasteiger partial charge in [0.1, 0.15) is 11.9 Å². The van der Waals surface area contributed by atoms with E-state index < -0.39 is 39.9 Å². The van der Waals surface area contributed by atoms with Crippen molar-refractivity contribution in [3.8, 4) is 0 Å². The van der Waals surface area contributed by atoms with Crippen molar-refractivity contribution in [1.82, 2.24) is 5.32 Å². The van der Waals surface area contributed by atoms with E-state index in [2.05, 4.69) is 10.1 Å². The smallest absolute Gasteiger partial charge is 0.328 e. The van der Waals surface area contributed by atoms with Crippen LogP contribution in [0.25, 0.3) is 0 Å². The van der Waals surface area contributed by atoms with Gasteiger partial charge in [0.15, 0.2) is 0 Å². The van der Waals surface area contributed by atoms with Gasteiger partial charge in [0, 0.05) is 12.1 Å². The molecule has 0 spiro atoms. The molecule has 0 radical (unpaired) electrons. The maximum Gasteiger partial charge on any atom is 0.328 e. The third kappa shape index (κ3) is 3.98. The van der Waals surface area contributed by atoms with Crippen LogP contribution in [-0.2, 0) is 9.53 Å². The van der Waals surface area contributed by atoms with Crippen LogP contribution in [0.5, 0.6) is 0 Å². The first-order chi connectivity index (χ1) is 9.77. The number of hydrogen-bond acceptors (Lipinski definition) is 5. The van der Waals surface area contributed by atoms with E-state index in [0.717, 1.165) is 25.3 Å². The number of amides is 1. The predicted octanol–water partition coefficient (Wildman–Crippen LogP) is 1.66. The molecule has 1 atom stereocenters. The van der Waals surface area contributed by atoms with E-state index in [-0.39, 0.29) is 5.92 Å².